The van der Waals surface area contributed by atoms with Gasteiger partial charge in [-0.2, -0.15) is 0 Å². The average Bonchev–Trinajstić information content (AvgIpc) is 2.92. The molecule has 7 heteroatoms. The van der Waals surface area contributed by atoms with Crippen LogP contribution in [0.3, 0.4) is 0 Å². The van der Waals surface area contributed by atoms with E-state index < -0.39 is 0 Å². The number of hydrogen-bond acceptors (Lipinski definition) is 5. The molecule has 5 nitrogen and oxygen atoms in total. The van der Waals surface area contributed by atoms with Crippen LogP contribution in [0.1, 0.15) is 19.4 Å². The molecule has 0 saturated carbocycles. The van der Waals surface area contributed by atoms with E-state index >= 15 is 0 Å². The van der Waals surface area contributed by atoms with E-state index in [9.17, 15) is 4.79 Å². The number of benzene rings is 2. The Morgan fingerprint density at radius 2 is 1.74 bits per heavy atom. The molecule has 0 unspecified atom stereocenters. The number of thioether (sulfide) groups is 1. The topological polar surface area (TPSA) is 62.6 Å². The minimum Gasteiger partial charge on any atom is -0.490 e. The van der Waals surface area contributed by atoms with E-state index in [1.807, 2.05) is 56.3 Å². The SMILES string of the molecule is CCOc1ccc(/C=C2\SC(=N)N(c3ccc(Br)cc3)C2=O)cc1OCC. The Morgan fingerprint density at radius 1 is 1.07 bits per heavy atom. The number of carbonyl (C=O) groups is 1. The van der Waals surface area contributed by atoms with Crippen LogP contribution in [0.4, 0.5) is 5.69 Å². The number of amides is 1. The minimum atomic E-state index is -0.209. The quantitative estimate of drug-likeness (QED) is 0.611. The molecule has 2 aromatic rings. The van der Waals surface area contributed by atoms with E-state index in [0.29, 0.717) is 35.3 Å². The van der Waals surface area contributed by atoms with Gasteiger partial charge in [-0.1, -0.05) is 22.0 Å². The van der Waals surface area contributed by atoms with Gasteiger partial charge in [0.1, 0.15) is 0 Å². The molecule has 0 atom stereocenters. The first kappa shape index (κ1) is 19.5. The van der Waals surface area contributed by atoms with E-state index in [2.05, 4.69) is 15.9 Å². The molecule has 2 aromatic carbocycles. The van der Waals surface area contributed by atoms with Crippen LogP contribution >= 0.6 is 27.7 Å². The molecule has 1 heterocycles. The summed E-state index contributed by atoms with van der Waals surface area (Å²) >= 11 is 4.53. The Balaban J connectivity index is 1.89. The number of carbonyl (C=O) groups excluding carboxylic acids is 1. The third-order valence-electron chi connectivity index (χ3n) is 3.77. The minimum absolute atomic E-state index is 0.185. The lowest BCUT2D eigenvalue weighted by Gasteiger charge is -2.14. The molecule has 3 rings (SSSR count). The van der Waals surface area contributed by atoms with E-state index in [1.54, 1.807) is 6.08 Å². The van der Waals surface area contributed by atoms with Gasteiger partial charge < -0.3 is 9.47 Å². The molecule has 0 aromatic heterocycles. The first-order valence-corrected chi connectivity index (χ1v) is 10.1. The summed E-state index contributed by atoms with van der Waals surface area (Å²) in [5.41, 5.74) is 1.49. The summed E-state index contributed by atoms with van der Waals surface area (Å²) < 4.78 is 12.1. The Morgan fingerprint density at radius 3 is 2.41 bits per heavy atom. The van der Waals surface area contributed by atoms with Crippen LogP contribution in [0.15, 0.2) is 51.8 Å². The van der Waals surface area contributed by atoms with Crippen LogP contribution < -0.4 is 14.4 Å². The van der Waals surface area contributed by atoms with Gasteiger partial charge in [0.15, 0.2) is 16.7 Å². The van der Waals surface area contributed by atoms with Crippen LogP contribution in [0.2, 0.25) is 0 Å². The monoisotopic (exact) mass is 446 g/mol. The zero-order valence-electron chi connectivity index (χ0n) is 15.0. The van der Waals surface area contributed by atoms with Crippen LogP contribution in [0.25, 0.3) is 6.08 Å². The lowest BCUT2D eigenvalue weighted by atomic mass is 10.1. The van der Waals surface area contributed by atoms with Crippen LogP contribution in [0, 0.1) is 5.41 Å². The molecule has 0 aliphatic carbocycles. The predicted molar refractivity (Wildman–Crippen MR) is 114 cm³/mol. The Labute approximate surface area is 171 Å². The van der Waals surface area contributed by atoms with Gasteiger partial charge in [-0.3, -0.25) is 15.1 Å². The number of rotatable bonds is 6. The summed E-state index contributed by atoms with van der Waals surface area (Å²) in [6.07, 6.45) is 1.78. The number of nitrogens with zero attached hydrogens (tertiary/aromatic N) is 1. The highest BCUT2D eigenvalue weighted by atomic mass is 79.9. The molecule has 27 heavy (non-hydrogen) atoms. The summed E-state index contributed by atoms with van der Waals surface area (Å²) in [5, 5.41) is 8.38. The van der Waals surface area contributed by atoms with Gasteiger partial charge >= 0.3 is 0 Å². The number of hydrogen-bond donors (Lipinski definition) is 1. The molecule has 1 N–H and O–H groups in total. The maximum absolute atomic E-state index is 12.8. The first-order valence-electron chi connectivity index (χ1n) is 8.51. The predicted octanol–water partition coefficient (Wildman–Crippen LogP) is 5.30. The van der Waals surface area contributed by atoms with Crippen molar-refractivity contribution < 1.29 is 14.3 Å². The van der Waals surface area contributed by atoms with Gasteiger partial charge in [0.2, 0.25) is 0 Å². The molecule has 1 aliphatic rings. The highest BCUT2D eigenvalue weighted by molar-refractivity contribution is 9.10. The Kier molecular flexibility index (Phi) is 6.23. The zero-order valence-corrected chi connectivity index (χ0v) is 17.4. The van der Waals surface area contributed by atoms with Crippen molar-refractivity contribution >= 4 is 50.5 Å². The van der Waals surface area contributed by atoms with Crippen molar-refractivity contribution in [3.63, 3.8) is 0 Å². The van der Waals surface area contributed by atoms with Gasteiger partial charge in [-0.15, -0.1) is 0 Å². The van der Waals surface area contributed by atoms with E-state index in [-0.39, 0.29) is 11.1 Å². The van der Waals surface area contributed by atoms with Crippen LogP contribution in [-0.4, -0.2) is 24.3 Å². The second-order valence-electron chi connectivity index (χ2n) is 5.60. The highest BCUT2D eigenvalue weighted by Crippen LogP contribution is 2.37. The lowest BCUT2D eigenvalue weighted by molar-refractivity contribution is -0.113. The molecule has 1 aliphatic heterocycles. The van der Waals surface area contributed by atoms with Crippen LogP contribution in [0.5, 0.6) is 11.5 Å². The fraction of sp³-hybridized carbons (Fsp3) is 0.200. The van der Waals surface area contributed by atoms with Gasteiger partial charge in [-0.25, -0.2) is 0 Å². The number of ether oxygens (including phenoxy) is 2. The zero-order chi connectivity index (χ0) is 19.4. The smallest absolute Gasteiger partial charge is 0.271 e. The molecular formula is C20H19BrN2O3S. The Hall–Kier alpha value is -2.25. The molecule has 1 saturated heterocycles. The normalized spacial score (nSPS) is 15.5. The second-order valence-corrected chi connectivity index (χ2v) is 7.55. The summed E-state index contributed by atoms with van der Waals surface area (Å²) in [6.45, 7) is 4.90. The standard InChI is InChI=1S/C20H19BrN2O3S/c1-3-25-16-10-5-13(11-17(16)26-4-2)12-18-19(24)23(20(22)27-18)15-8-6-14(21)7-9-15/h5-12,22H,3-4H2,1-2H3/b18-12-,22-20?. The summed E-state index contributed by atoms with van der Waals surface area (Å²) in [4.78, 5) is 14.7. The largest absolute Gasteiger partial charge is 0.490 e. The van der Waals surface area contributed by atoms with E-state index in [4.69, 9.17) is 14.9 Å². The van der Waals surface area contributed by atoms with Gasteiger partial charge in [0.05, 0.1) is 23.8 Å². The fourth-order valence-electron chi connectivity index (χ4n) is 2.62. The van der Waals surface area contributed by atoms with Gasteiger partial charge in [-0.05, 0) is 73.6 Å². The van der Waals surface area contributed by atoms with Gasteiger partial charge in [0.25, 0.3) is 5.91 Å². The number of amidine groups is 1. The van der Waals surface area contributed by atoms with Crippen molar-refractivity contribution in [2.24, 2.45) is 0 Å². The van der Waals surface area contributed by atoms with Crippen molar-refractivity contribution in [3.8, 4) is 11.5 Å². The van der Waals surface area contributed by atoms with Crippen LogP contribution in [-0.2, 0) is 4.79 Å². The first-order chi connectivity index (χ1) is 13.0. The van der Waals surface area contributed by atoms with Crippen molar-refractivity contribution in [1.82, 2.24) is 0 Å². The van der Waals surface area contributed by atoms with Crippen molar-refractivity contribution in [2.75, 3.05) is 18.1 Å². The van der Waals surface area contributed by atoms with E-state index in [1.165, 1.54) is 4.90 Å². The molecule has 0 bridgehead atoms. The lowest BCUT2D eigenvalue weighted by Crippen LogP contribution is -2.27. The summed E-state index contributed by atoms with van der Waals surface area (Å²) in [6, 6.07) is 12.9. The number of anilines is 1. The second kappa shape index (κ2) is 8.63. The van der Waals surface area contributed by atoms with E-state index in [0.717, 1.165) is 21.8 Å². The van der Waals surface area contributed by atoms with Gasteiger partial charge in [0, 0.05) is 4.47 Å². The number of nitrogens with one attached hydrogen (secondary N) is 1. The number of halogens is 1. The van der Waals surface area contributed by atoms with Crippen molar-refractivity contribution in [2.45, 2.75) is 13.8 Å². The maximum Gasteiger partial charge on any atom is 0.271 e. The molecule has 0 radical (unpaired) electrons. The summed E-state index contributed by atoms with van der Waals surface area (Å²) in [7, 11) is 0. The molecule has 0 spiro atoms. The fourth-order valence-corrected chi connectivity index (χ4v) is 3.75. The molecular weight excluding hydrogens is 428 g/mol. The Bertz CT molecular complexity index is 897. The molecule has 1 fully saturated rings. The van der Waals surface area contributed by atoms with Crippen molar-refractivity contribution in [1.29, 1.82) is 5.41 Å². The third kappa shape index (κ3) is 4.36. The third-order valence-corrected chi connectivity index (χ3v) is 5.19. The summed E-state index contributed by atoms with van der Waals surface area (Å²) in [5.74, 6) is 1.11. The van der Waals surface area contributed by atoms with Crippen molar-refractivity contribution in [3.05, 3.63) is 57.4 Å². The molecule has 140 valence electrons. The highest BCUT2D eigenvalue weighted by Gasteiger charge is 2.33. The maximum atomic E-state index is 12.8. The average molecular weight is 447 g/mol. The molecule has 1 amide bonds.